The van der Waals surface area contributed by atoms with E-state index in [0.717, 1.165) is 179 Å². The predicted octanol–water partition coefficient (Wildman–Crippen LogP) is 35.9. The Bertz CT molecular complexity index is 8890. The molecule has 141 heavy (non-hydrogen) atoms. The van der Waals surface area contributed by atoms with E-state index < -0.39 is 12.1 Å². The highest BCUT2D eigenvalue weighted by Crippen LogP contribution is 2.58. The molecular weight excluding hydrogens is 1700 g/mol. The summed E-state index contributed by atoms with van der Waals surface area (Å²) in [5.74, 6) is 0. The first-order valence-electron chi connectivity index (χ1n) is 49.0. The van der Waals surface area contributed by atoms with Gasteiger partial charge in [-0.2, -0.15) is 0 Å². The van der Waals surface area contributed by atoms with Crippen LogP contribution in [0.2, 0.25) is 0 Å². The van der Waals surface area contributed by atoms with Gasteiger partial charge in [0.25, 0.3) is 6.71 Å². The Balaban J connectivity index is 0.830. The zero-order chi connectivity index (χ0) is 93.8. The maximum atomic E-state index is 2.78. The Labute approximate surface area is 823 Å². The summed E-state index contributed by atoms with van der Waals surface area (Å²) in [5, 5.41) is 14.2. The zero-order valence-corrected chi connectivity index (χ0v) is 78.5. The molecule has 0 fully saturated rings. The summed E-state index contributed by atoms with van der Waals surface area (Å²) in [6, 6.07) is 197. The quantitative estimate of drug-likeness (QED) is 0.0665. The molecule has 0 atom stereocenters. The first-order valence-corrected chi connectivity index (χ1v) is 49.0. The summed E-state index contributed by atoms with van der Waals surface area (Å²) in [6.07, 6.45) is 0. The van der Waals surface area contributed by atoms with Crippen molar-refractivity contribution in [3.63, 3.8) is 0 Å². The second-order valence-corrected chi connectivity index (χ2v) is 38.5. The van der Waals surface area contributed by atoms with Crippen LogP contribution in [0.1, 0.15) is 26.3 Å². The smallest absolute Gasteiger partial charge is 0.252 e. The van der Waals surface area contributed by atoms with Crippen LogP contribution in [0.3, 0.4) is 0 Å². The van der Waals surface area contributed by atoms with Crippen molar-refractivity contribution in [1.29, 1.82) is 0 Å². The van der Waals surface area contributed by atoms with Gasteiger partial charge in [-0.3, -0.25) is 0 Å². The van der Waals surface area contributed by atoms with Gasteiger partial charge in [-0.05, 0) is 279 Å². The average Bonchev–Trinajstić information content (AvgIpc) is 0.681. The fourth-order valence-corrected chi connectivity index (χ4v) is 22.6. The normalized spacial score (nSPS) is 12.2. The lowest BCUT2D eigenvalue weighted by Crippen LogP contribution is -2.61. The first-order chi connectivity index (χ1) is 69.6. The molecule has 0 bridgehead atoms. The topological polar surface area (TPSA) is 13.0 Å². The molecule has 24 aromatic carbocycles. The number of nitrogens with zero attached hydrogens (tertiary/aromatic N) is 4. The van der Waals surface area contributed by atoms with Crippen molar-refractivity contribution < 1.29 is 0 Å². The van der Waals surface area contributed by atoms with Crippen molar-refractivity contribution >= 4 is 156 Å². The molecule has 2 aliphatic rings. The molecule has 0 amide bonds. The Morgan fingerprint density at radius 2 is 0.447 bits per heavy atom. The molecule has 24 aromatic rings. The van der Waals surface area contributed by atoms with Gasteiger partial charge < -0.3 is 19.6 Å². The molecule has 2 heterocycles. The summed E-state index contributed by atoms with van der Waals surface area (Å²) in [5.41, 5.74) is 37.0. The van der Waals surface area contributed by atoms with E-state index in [-0.39, 0.29) is 0 Å². The molecule has 0 aliphatic carbocycles. The summed E-state index contributed by atoms with van der Waals surface area (Å²) in [7, 11) is 0. The zero-order valence-electron chi connectivity index (χ0n) is 78.5. The minimum Gasteiger partial charge on any atom is -0.310 e. The van der Waals surface area contributed by atoms with Gasteiger partial charge in [-0.25, -0.2) is 0 Å². The van der Waals surface area contributed by atoms with Crippen LogP contribution in [0.4, 0.5) is 68.2 Å². The molecule has 5 heteroatoms. The van der Waals surface area contributed by atoms with Gasteiger partial charge in [0, 0.05) is 79.1 Å². The minimum absolute atomic E-state index is 0.415. The van der Waals surface area contributed by atoms with Crippen molar-refractivity contribution in [1.82, 2.24) is 0 Å². The van der Waals surface area contributed by atoms with E-state index in [1.54, 1.807) is 0 Å². The lowest BCUT2D eigenvalue weighted by atomic mass is 9.33. The van der Waals surface area contributed by atoms with E-state index >= 15 is 0 Å². The number of hydrogen-bond donors (Lipinski definition) is 0. The highest BCUT2D eigenvalue weighted by atomic mass is 15.2. The summed E-state index contributed by atoms with van der Waals surface area (Å²) >= 11 is 0. The molecule has 2 aliphatic heterocycles. The molecule has 4 nitrogen and oxygen atoms in total. The molecule has 0 unspecified atom stereocenters. The lowest BCUT2D eigenvalue weighted by Gasteiger charge is -2.47. The van der Waals surface area contributed by atoms with Crippen molar-refractivity contribution in [2.75, 3.05) is 19.6 Å². The van der Waals surface area contributed by atoms with Gasteiger partial charge in [0.05, 0.1) is 11.4 Å². The van der Waals surface area contributed by atoms with Crippen molar-refractivity contribution in [2.45, 2.75) is 26.2 Å². The van der Waals surface area contributed by atoms with Crippen LogP contribution < -0.4 is 36.0 Å². The first kappa shape index (κ1) is 83.7. The third kappa shape index (κ3) is 14.7. The van der Waals surface area contributed by atoms with Gasteiger partial charge in [0.2, 0.25) is 0 Å². The summed E-state index contributed by atoms with van der Waals surface area (Å²) in [6.45, 7) is 6.85. The summed E-state index contributed by atoms with van der Waals surface area (Å²) in [4.78, 5) is 10.6. The third-order valence-corrected chi connectivity index (χ3v) is 29.3. The number of anilines is 12. The van der Waals surface area contributed by atoms with E-state index in [1.807, 2.05) is 0 Å². The van der Waals surface area contributed by atoms with Crippen LogP contribution in [-0.2, 0) is 5.41 Å². The van der Waals surface area contributed by atoms with Crippen LogP contribution in [0, 0.1) is 0 Å². The van der Waals surface area contributed by atoms with Gasteiger partial charge in [0.1, 0.15) is 0 Å². The van der Waals surface area contributed by atoms with Crippen molar-refractivity contribution in [2.24, 2.45) is 0 Å². The van der Waals surface area contributed by atoms with Crippen molar-refractivity contribution in [3.05, 3.63) is 527 Å². The molecule has 0 spiro atoms. The van der Waals surface area contributed by atoms with E-state index in [9.17, 15) is 0 Å². The van der Waals surface area contributed by atoms with Gasteiger partial charge in [0.15, 0.2) is 0 Å². The fourth-order valence-electron chi connectivity index (χ4n) is 22.6. The third-order valence-electron chi connectivity index (χ3n) is 29.3. The number of hydrogen-bond acceptors (Lipinski definition) is 4. The van der Waals surface area contributed by atoms with E-state index in [0.29, 0.717) is 0 Å². The van der Waals surface area contributed by atoms with Crippen LogP contribution in [0.15, 0.2) is 522 Å². The second kappa shape index (κ2) is 34.7. The largest absolute Gasteiger partial charge is 0.310 e. The molecule has 0 saturated heterocycles. The molecule has 0 N–H and O–H groups in total. The Hall–Kier alpha value is -17.9. The minimum atomic E-state index is -0.478. The Morgan fingerprint density at radius 3 is 0.816 bits per heavy atom. The molecule has 0 saturated carbocycles. The highest BCUT2D eigenvalue weighted by Gasteiger charge is 2.47. The average molecular weight is 1800 g/mol. The van der Waals surface area contributed by atoms with Gasteiger partial charge >= 0.3 is 0 Å². The maximum Gasteiger partial charge on any atom is 0.252 e. The molecule has 662 valence electrons. The van der Waals surface area contributed by atoms with Gasteiger partial charge in [-0.1, -0.05) is 433 Å². The predicted molar refractivity (Wildman–Crippen MR) is 602 cm³/mol. The van der Waals surface area contributed by atoms with E-state index in [1.165, 1.54) is 75.7 Å². The summed E-state index contributed by atoms with van der Waals surface area (Å²) < 4.78 is 0. The number of para-hydroxylation sites is 2. The van der Waals surface area contributed by atoms with E-state index in [2.05, 4.69) is 562 Å². The molecule has 26 rings (SSSR count). The Kier molecular flexibility index (Phi) is 20.6. The molecule has 0 radical (unpaired) electrons. The molecular formula is C136H95BN4. The van der Waals surface area contributed by atoms with Crippen LogP contribution in [0.5, 0.6) is 0 Å². The van der Waals surface area contributed by atoms with Crippen molar-refractivity contribution in [3.8, 4) is 100 Å². The van der Waals surface area contributed by atoms with E-state index in [4.69, 9.17) is 0 Å². The Morgan fingerprint density at radius 1 is 0.177 bits per heavy atom. The number of benzene rings is 24. The monoisotopic (exact) mass is 1790 g/mol. The standard InChI is InChI=1S/C136H95BN4/c1-136(2,3)104-86-131-133-132(87-104)141(135-122(125-84-102-47-20-23-56-112(102)116-59-26-29-62-119(116)125)66-35-67-123(135)126-85-103-48-21-24-57-113(103)117-60-27-30-63-120(117)126)130-89-110(139(106-74-70-96(71-75-106)91-38-11-5-12-39-91)108-54-33-51-99(82-108)94-44-17-8-18-45-94)77-79-128(130)137(133)127-78-76-109(138(105-72-68-95(69-73-105)90-36-9-4-10-37-90)107-53-32-50-98(81-107)93-42-15-7-16-43-93)88-129(127)140(131)134-114(100-52-31-49-97(80-100)92-40-13-6-14-41-92)64-34-65-121(134)124-83-101-46-19-22-55-111(101)115-58-25-28-61-118(115)124/h4-89H,1-3H3. The van der Waals surface area contributed by atoms with Gasteiger partial charge in [-0.15, -0.1) is 0 Å². The highest BCUT2D eigenvalue weighted by molar-refractivity contribution is 7.00. The SMILES string of the molecule is CC(C)(C)c1cc2c3c(c1)N(c1c(-c4cc5ccccc5c5ccccc45)cccc1-c1cc4ccccc4c4ccccc14)c1cc(N(c4ccc(-c5ccccc5)cc4)c4cccc(-c5ccccc5)c4)ccc1B3c1ccc(N(c3ccc(-c4ccccc4)cc3)c3cccc(-c4ccccc4)c3)cc1N2c1c(-c2cccc(-c3ccccc3)c2)cccc1-c1cc2ccccc2c2ccccc12. The molecule has 0 aromatic heterocycles. The number of rotatable bonds is 17. The maximum absolute atomic E-state index is 2.78. The van der Waals surface area contributed by atoms with Crippen LogP contribution >= 0.6 is 0 Å². The van der Waals surface area contributed by atoms with Crippen LogP contribution in [0.25, 0.3) is 165 Å². The van der Waals surface area contributed by atoms with Crippen LogP contribution in [-0.4, -0.2) is 6.71 Å². The fraction of sp³-hybridized carbons (Fsp3) is 0.0294. The number of fused-ring (bicyclic) bond motifs is 13. The lowest BCUT2D eigenvalue weighted by molar-refractivity contribution is 0.590. The second-order valence-electron chi connectivity index (χ2n) is 38.5.